The van der Waals surface area contributed by atoms with Gasteiger partial charge in [0.15, 0.2) is 0 Å². The summed E-state index contributed by atoms with van der Waals surface area (Å²) in [4.78, 5) is 0. The lowest BCUT2D eigenvalue weighted by Crippen LogP contribution is -2.30. The van der Waals surface area contributed by atoms with Gasteiger partial charge in [0.05, 0.1) is 5.75 Å². The molecular formula is C3H6O7S3-2. The van der Waals surface area contributed by atoms with Crippen LogP contribution in [0.3, 0.4) is 0 Å². The van der Waals surface area contributed by atoms with Gasteiger partial charge in [0.2, 0.25) is 0 Å². The summed E-state index contributed by atoms with van der Waals surface area (Å²) in [7, 11) is -4.48. The Labute approximate surface area is 79.9 Å². The average Bonchev–Trinajstić information content (AvgIpc) is 1.81. The molecule has 0 fully saturated rings. The third kappa shape index (κ3) is 7.22. The summed E-state index contributed by atoms with van der Waals surface area (Å²) < 4.78 is 69.3. The second kappa shape index (κ2) is 5.12. The first-order valence-electron chi connectivity index (χ1n) is 2.81. The molecule has 0 rings (SSSR count). The quantitative estimate of drug-likeness (QED) is 0.440. The Bertz CT molecular complexity index is 305. The standard InChI is InChI=1S/C3H8O7S3/c4-11(5)1-3(12(6)7)2-13(8,9)10/h3H,1-2H2,(H,4,5)(H,6,7)(H,8,9,10)/p-2. The van der Waals surface area contributed by atoms with E-state index >= 15 is 0 Å². The maximum atomic E-state index is 10.3. The third-order valence-corrected chi connectivity index (χ3v) is 3.79. The number of rotatable bonds is 5. The lowest BCUT2D eigenvalue weighted by atomic mass is 10.6. The number of hydrogen-bond acceptors (Lipinski definition) is 6. The van der Waals surface area contributed by atoms with Crippen LogP contribution in [0.4, 0.5) is 0 Å². The molecule has 0 spiro atoms. The topological polar surface area (TPSA) is 135 Å². The molecule has 0 aliphatic heterocycles. The van der Waals surface area contributed by atoms with Crippen molar-refractivity contribution in [1.29, 1.82) is 0 Å². The van der Waals surface area contributed by atoms with Crippen LogP contribution in [0.25, 0.3) is 0 Å². The molecule has 3 atom stereocenters. The van der Waals surface area contributed by atoms with Crippen molar-refractivity contribution in [3.63, 3.8) is 0 Å². The largest absolute Gasteiger partial charge is 0.772 e. The highest BCUT2D eigenvalue weighted by molar-refractivity contribution is 7.88. The Morgan fingerprint density at radius 2 is 1.77 bits per heavy atom. The Hall–Kier alpha value is 0.130. The zero-order valence-electron chi connectivity index (χ0n) is 6.11. The van der Waals surface area contributed by atoms with Crippen LogP contribution in [0.15, 0.2) is 0 Å². The van der Waals surface area contributed by atoms with Crippen molar-refractivity contribution in [2.75, 3.05) is 11.5 Å². The van der Waals surface area contributed by atoms with E-state index in [0.29, 0.717) is 0 Å². The summed E-state index contributed by atoms with van der Waals surface area (Å²) >= 11 is -5.52. The smallest absolute Gasteiger partial charge is 0.266 e. The molecule has 3 unspecified atom stereocenters. The first-order chi connectivity index (χ1) is 5.72. The summed E-state index contributed by atoms with van der Waals surface area (Å²) in [5.74, 6) is -1.97. The fourth-order valence-corrected chi connectivity index (χ4v) is 3.44. The van der Waals surface area contributed by atoms with Crippen molar-refractivity contribution in [2.24, 2.45) is 0 Å². The zero-order valence-corrected chi connectivity index (χ0v) is 8.56. The lowest BCUT2D eigenvalue weighted by Gasteiger charge is -2.18. The molecule has 0 saturated carbocycles. The monoisotopic (exact) mass is 250 g/mol. The fourth-order valence-electron chi connectivity index (χ4n) is 0.546. The summed E-state index contributed by atoms with van der Waals surface area (Å²) in [5.41, 5.74) is 0. The van der Waals surface area contributed by atoms with Gasteiger partial charge < -0.3 is 9.11 Å². The van der Waals surface area contributed by atoms with E-state index in [0.717, 1.165) is 0 Å². The minimum Gasteiger partial charge on any atom is -0.772 e. The van der Waals surface area contributed by atoms with Gasteiger partial charge in [-0.1, -0.05) is 22.2 Å². The van der Waals surface area contributed by atoms with Crippen molar-refractivity contribution in [3.8, 4) is 0 Å². The maximum absolute atomic E-state index is 10.3. The van der Waals surface area contributed by atoms with Gasteiger partial charge in [-0.3, -0.25) is 13.0 Å². The van der Waals surface area contributed by atoms with Crippen molar-refractivity contribution in [2.45, 2.75) is 5.25 Å². The second-order valence-corrected chi connectivity index (χ2v) is 5.73. The third-order valence-electron chi connectivity index (χ3n) is 0.991. The summed E-state index contributed by atoms with van der Waals surface area (Å²) in [6.07, 6.45) is 0. The van der Waals surface area contributed by atoms with Gasteiger partial charge in [0, 0.05) is 11.0 Å². The molecule has 0 aromatic carbocycles. The highest BCUT2D eigenvalue weighted by Gasteiger charge is 2.17. The van der Waals surface area contributed by atoms with Crippen LogP contribution in [0.5, 0.6) is 0 Å². The van der Waals surface area contributed by atoms with Crippen LogP contribution in [0.1, 0.15) is 0 Å². The van der Waals surface area contributed by atoms with Gasteiger partial charge in [-0.25, -0.2) is 0 Å². The van der Waals surface area contributed by atoms with E-state index in [4.69, 9.17) is 4.55 Å². The Kier molecular flexibility index (Phi) is 5.17. The van der Waals surface area contributed by atoms with E-state index in [1.54, 1.807) is 0 Å². The van der Waals surface area contributed by atoms with Gasteiger partial charge in [0.1, 0.15) is 0 Å². The van der Waals surface area contributed by atoms with E-state index in [9.17, 15) is 25.9 Å². The Balaban J connectivity index is 4.45. The molecular weight excluding hydrogens is 244 g/mol. The molecule has 0 bridgehead atoms. The summed E-state index contributed by atoms with van der Waals surface area (Å²) in [6.45, 7) is 0. The summed E-state index contributed by atoms with van der Waals surface area (Å²) in [5, 5.41) is -1.63. The van der Waals surface area contributed by atoms with Crippen LogP contribution >= 0.6 is 0 Å². The van der Waals surface area contributed by atoms with Crippen LogP contribution in [0.2, 0.25) is 0 Å². The van der Waals surface area contributed by atoms with Crippen LogP contribution in [-0.2, 0) is 32.3 Å². The van der Waals surface area contributed by atoms with Gasteiger partial charge in [-0.05, 0) is 0 Å². The maximum Gasteiger partial charge on any atom is 0.266 e. The zero-order chi connectivity index (χ0) is 10.6. The predicted molar refractivity (Wildman–Crippen MR) is 42.9 cm³/mol. The molecule has 0 saturated heterocycles. The van der Waals surface area contributed by atoms with Crippen molar-refractivity contribution in [3.05, 3.63) is 0 Å². The van der Waals surface area contributed by atoms with Crippen molar-refractivity contribution < 1.29 is 30.5 Å². The number of hydrogen-bond donors (Lipinski definition) is 1. The molecule has 0 heterocycles. The SMILES string of the molecule is O=S([O-])CC(CS(=O)(=O)O)S(=O)[O-]. The fraction of sp³-hybridized carbons (Fsp3) is 1.00. The molecule has 80 valence electrons. The van der Waals surface area contributed by atoms with E-state index in [1.807, 2.05) is 0 Å². The molecule has 7 nitrogen and oxygen atoms in total. The van der Waals surface area contributed by atoms with Gasteiger partial charge in [-0.2, -0.15) is 8.42 Å². The molecule has 0 aromatic heterocycles. The minimum absolute atomic E-state index is 0.851. The van der Waals surface area contributed by atoms with Crippen molar-refractivity contribution in [1.82, 2.24) is 0 Å². The van der Waals surface area contributed by atoms with Crippen LogP contribution in [0, 0.1) is 0 Å². The lowest BCUT2D eigenvalue weighted by molar-refractivity contribution is 0.477. The van der Waals surface area contributed by atoms with Gasteiger partial charge in [-0.15, -0.1) is 0 Å². The predicted octanol–water partition coefficient (Wildman–Crippen LogP) is -2.00. The average molecular weight is 250 g/mol. The highest BCUT2D eigenvalue weighted by Crippen LogP contribution is 2.00. The van der Waals surface area contributed by atoms with Crippen LogP contribution < -0.4 is 0 Å². The molecule has 13 heavy (non-hydrogen) atoms. The molecule has 0 radical (unpaired) electrons. The molecule has 0 aliphatic carbocycles. The molecule has 10 heteroatoms. The first-order valence-corrected chi connectivity index (χ1v) is 6.80. The normalized spacial score (nSPS) is 19.3. The van der Waals surface area contributed by atoms with E-state index in [1.165, 1.54) is 0 Å². The van der Waals surface area contributed by atoms with E-state index in [-0.39, 0.29) is 0 Å². The first kappa shape index (κ1) is 13.1. The van der Waals surface area contributed by atoms with Crippen molar-refractivity contribution >= 4 is 32.3 Å². The Morgan fingerprint density at radius 1 is 1.31 bits per heavy atom. The molecule has 0 aliphatic rings. The van der Waals surface area contributed by atoms with Crippen LogP contribution in [-0.4, -0.2) is 47.2 Å². The molecule has 0 aromatic rings. The second-order valence-electron chi connectivity index (χ2n) is 2.10. The molecule has 1 N–H and O–H groups in total. The van der Waals surface area contributed by atoms with E-state index < -0.39 is 49.0 Å². The minimum atomic E-state index is -4.48. The molecule has 0 amide bonds. The Morgan fingerprint density at radius 3 is 2.00 bits per heavy atom. The van der Waals surface area contributed by atoms with E-state index in [2.05, 4.69) is 0 Å². The summed E-state index contributed by atoms with van der Waals surface area (Å²) in [6, 6.07) is 0. The van der Waals surface area contributed by atoms with Gasteiger partial charge in [0.25, 0.3) is 10.1 Å². The highest BCUT2D eigenvalue weighted by atomic mass is 32.2. The van der Waals surface area contributed by atoms with Gasteiger partial charge >= 0.3 is 0 Å².